The number of aromatic nitrogens is 2. The maximum absolute atomic E-state index is 12.7. The molecule has 5 aromatic carbocycles. The minimum absolute atomic E-state index is 0.171. The number of carbonyl (C=O) groups is 1. The minimum atomic E-state index is -0.171. The molecule has 0 aliphatic heterocycles. The molecule has 1 amide bonds. The van der Waals surface area contributed by atoms with Gasteiger partial charge in [-0.3, -0.25) is 4.79 Å². The van der Waals surface area contributed by atoms with Gasteiger partial charge in [0.05, 0.1) is 18.3 Å². The highest BCUT2D eigenvalue weighted by atomic mass is 16.2. The van der Waals surface area contributed by atoms with Crippen LogP contribution < -0.4 is 5.43 Å². The van der Waals surface area contributed by atoms with Gasteiger partial charge in [-0.05, 0) is 27.8 Å². The molecule has 1 N–H and O–H groups in total. The largest absolute Gasteiger partial charge is 0.273 e. The second-order valence-electron chi connectivity index (χ2n) is 8.85. The molecule has 0 bridgehead atoms. The number of hydrogen-bond acceptors (Lipinski definition) is 3. The summed E-state index contributed by atoms with van der Waals surface area (Å²) in [7, 11) is 0. The summed E-state index contributed by atoms with van der Waals surface area (Å²) < 4.78 is 1.88. The molecule has 0 fully saturated rings. The van der Waals surface area contributed by atoms with E-state index in [0.717, 1.165) is 49.6 Å². The van der Waals surface area contributed by atoms with Crippen LogP contribution in [0.25, 0.3) is 38.5 Å². The third kappa shape index (κ3) is 4.62. The lowest BCUT2D eigenvalue weighted by molar-refractivity contribution is -0.120. The Hall–Kier alpha value is -5.03. The van der Waals surface area contributed by atoms with E-state index < -0.39 is 0 Å². The van der Waals surface area contributed by atoms with Crippen LogP contribution in [0, 0.1) is 0 Å². The summed E-state index contributed by atoms with van der Waals surface area (Å²) in [6.45, 7) is 0. The molecule has 37 heavy (non-hydrogen) atoms. The molecule has 0 saturated carbocycles. The highest BCUT2D eigenvalue weighted by Crippen LogP contribution is 2.26. The third-order valence-corrected chi connectivity index (χ3v) is 6.43. The molecule has 0 spiro atoms. The molecule has 6 rings (SSSR count). The number of fused-ring (bicyclic) bond motifs is 2. The molecule has 6 aromatic rings. The number of rotatable bonds is 6. The van der Waals surface area contributed by atoms with Crippen molar-refractivity contribution in [2.24, 2.45) is 5.10 Å². The summed E-state index contributed by atoms with van der Waals surface area (Å²) in [4.78, 5) is 12.7. The highest BCUT2D eigenvalue weighted by Gasteiger charge is 2.13. The monoisotopic (exact) mass is 480 g/mol. The Kier molecular flexibility index (Phi) is 6.01. The van der Waals surface area contributed by atoms with Gasteiger partial charge in [0.1, 0.15) is 5.69 Å². The van der Waals surface area contributed by atoms with Crippen molar-refractivity contribution in [2.45, 2.75) is 6.42 Å². The second kappa shape index (κ2) is 9.91. The number of benzene rings is 5. The zero-order valence-corrected chi connectivity index (χ0v) is 20.1. The van der Waals surface area contributed by atoms with E-state index in [9.17, 15) is 4.79 Å². The van der Waals surface area contributed by atoms with Crippen molar-refractivity contribution in [3.8, 4) is 16.9 Å². The first-order chi connectivity index (χ1) is 18.3. The van der Waals surface area contributed by atoms with Crippen LogP contribution in [-0.4, -0.2) is 21.9 Å². The Morgan fingerprint density at radius 1 is 0.757 bits per heavy atom. The maximum Gasteiger partial charge on any atom is 0.244 e. The lowest BCUT2D eigenvalue weighted by Gasteiger charge is -2.06. The Morgan fingerprint density at radius 2 is 1.41 bits per heavy atom. The van der Waals surface area contributed by atoms with Gasteiger partial charge >= 0.3 is 0 Å². The fourth-order valence-corrected chi connectivity index (χ4v) is 4.67. The van der Waals surface area contributed by atoms with Crippen molar-refractivity contribution in [1.82, 2.24) is 15.2 Å². The number of nitrogens with one attached hydrogen (secondary N) is 1. The van der Waals surface area contributed by atoms with Crippen LogP contribution in [-0.2, 0) is 11.2 Å². The van der Waals surface area contributed by atoms with Gasteiger partial charge in [0.15, 0.2) is 0 Å². The fourth-order valence-electron chi connectivity index (χ4n) is 4.67. The van der Waals surface area contributed by atoms with Crippen molar-refractivity contribution in [1.29, 1.82) is 0 Å². The average molecular weight is 481 g/mol. The average Bonchev–Trinajstić information content (AvgIpc) is 3.37. The summed E-state index contributed by atoms with van der Waals surface area (Å²) in [5, 5.41) is 13.7. The van der Waals surface area contributed by atoms with Gasteiger partial charge in [0.2, 0.25) is 5.91 Å². The molecule has 0 unspecified atom stereocenters. The van der Waals surface area contributed by atoms with E-state index in [4.69, 9.17) is 5.10 Å². The molecule has 5 heteroatoms. The number of carbonyl (C=O) groups excluding carboxylic acids is 1. The summed E-state index contributed by atoms with van der Waals surface area (Å²) in [6, 6.07) is 38.5. The standard InChI is InChI=1S/C32H24N4O/c37-31(20-26-16-8-14-23-10-4-6-17-28(23)26)34-33-21-27-22-36(35-32(27)25-12-2-1-3-13-25)30-19-9-15-24-11-5-7-18-29(24)30/h1-19,21-22H,20H2,(H,34,37). The first-order valence-corrected chi connectivity index (χ1v) is 12.2. The van der Waals surface area contributed by atoms with E-state index in [1.54, 1.807) is 6.21 Å². The molecule has 5 nitrogen and oxygen atoms in total. The number of hydrazone groups is 1. The van der Waals surface area contributed by atoms with E-state index in [2.05, 4.69) is 34.8 Å². The quantitative estimate of drug-likeness (QED) is 0.217. The zero-order valence-electron chi connectivity index (χ0n) is 20.1. The van der Waals surface area contributed by atoms with E-state index in [1.807, 2.05) is 102 Å². The summed E-state index contributed by atoms with van der Waals surface area (Å²) in [5.74, 6) is -0.171. The predicted molar refractivity (Wildman–Crippen MR) is 150 cm³/mol. The van der Waals surface area contributed by atoms with E-state index >= 15 is 0 Å². The van der Waals surface area contributed by atoms with Crippen molar-refractivity contribution in [3.05, 3.63) is 133 Å². The Balaban J connectivity index is 1.29. The number of nitrogens with zero attached hydrogens (tertiary/aromatic N) is 3. The smallest absolute Gasteiger partial charge is 0.244 e. The van der Waals surface area contributed by atoms with E-state index in [1.165, 1.54) is 0 Å². The second-order valence-corrected chi connectivity index (χ2v) is 8.85. The van der Waals surface area contributed by atoms with Crippen LogP contribution in [0.4, 0.5) is 0 Å². The van der Waals surface area contributed by atoms with Gasteiger partial charge in [0, 0.05) is 22.7 Å². The molecule has 0 radical (unpaired) electrons. The van der Waals surface area contributed by atoms with Crippen LogP contribution in [0.5, 0.6) is 0 Å². The van der Waals surface area contributed by atoms with E-state index in [-0.39, 0.29) is 12.3 Å². The molecule has 0 aliphatic carbocycles. The highest BCUT2D eigenvalue weighted by molar-refractivity contribution is 5.93. The topological polar surface area (TPSA) is 59.3 Å². The molecular weight excluding hydrogens is 456 g/mol. The molecule has 0 aliphatic rings. The Morgan fingerprint density at radius 3 is 2.22 bits per heavy atom. The third-order valence-electron chi connectivity index (χ3n) is 6.43. The normalized spacial score (nSPS) is 11.4. The van der Waals surface area contributed by atoms with Gasteiger partial charge in [-0.2, -0.15) is 10.2 Å². The van der Waals surface area contributed by atoms with Crippen molar-refractivity contribution >= 4 is 33.7 Å². The molecule has 178 valence electrons. The molecule has 1 aromatic heterocycles. The van der Waals surface area contributed by atoms with Gasteiger partial charge in [-0.1, -0.05) is 109 Å². The Labute approximate surface area is 214 Å². The van der Waals surface area contributed by atoms with Crippen LogP contribution in [0.1, 0.15) is 11.1 Å². The summed E-state index contributed by atoms with van der Waals surface area (Å²) in [6.07, 6.45) is 3.86. The van der Waals surface area contributed by atoms with Gasteiger partial charge in [-0.25, -0.2) is 10.1 Å². The lowest BCUT2D eigenvalue weighted by atomic mass is 10.0. The summed E-state index contributed by atoms with van der Waals surface area (Å²) >= 11 is 0. The van der Waals surface area contributed by atoms with Crippen molar-refractivity contribution < 1.29 is 4.79 Å². The molecule has 0 atom stereocenters. The van der Waals surface area contributed by atoms with Crippen LogP contribution in [0.3, 0.4) is 0 Å². The number of amides is 1. The van der Waals surface area contributed by atoms with Gasteiger partial charge in [-0.15, -0.1) is 0 Å². The first-order valence-electron chi connectivity index (χ1n) is 12.2. The first kappa shape index (κ1) is 22.4. The van der Waals surface area contributed by atoms with Crippen molar-refractivity contribution in [3.63, 3.8) is 0 Å². The van der Waals surface area contributed by atoms with Crippen LogP contribution in [0.2, 0.25) is 0 Å². The molecule has 0 saturated heterocycles. The molecular formula is C32H24N4O. The summed E-state index contributed by atoms with van der Waals surface area (Å²) in [5.41, 5.74) is 7.23. The predicted octanol–water partition coefficient (Wildman–Crippen LogP) is 6.54. The van der Waals surface area contributed by atoms with Gasteiger partial charge < -0.3 is 0 Å². The SMILES string of the molecule is O=C(Cc1cccc2ccccc12)NN=Cc1cn(-c2cccc3ccccc23)nc1-c1ccccc1. The fraction of sp³-hybridized carbons (Fsp3) is 0.0312. The van der Waals surface area contributed by atoms with Crippen LogP contribution >= 0.6 is 0 Å². The zero-order chi connectivity index (χ0) is 25.0. The molecule has 1 heterocycles. The number of hydrogen-bond donors (Lipinski definition) is 1. The Bertz CT molecular complexity index is 1740. The van der Waals surface area contributed by atoms with Crippen LogP contribution in [0.15, 0.2) is 127 Å². The van der Waals surface area contributed by atoms with Gasteiger partial charge in [0.25, 0.3) is 0 Å². The van der Waals surface area contributed by atoms with E-state index in [0.29, 0.717) is 0 Å². The van der Waals surface area contributed by atoms with Crippen molar-refractivity contribution in [2.75, 3.05) is 0 Å². The maximum atomic E-state index is 12.7. The minimum Gasteiger partial charge on any atom is -0.273 e. The lowest BCUT2D eigenvalue weighted by Crippen LogP contribution is -2.19.